The number of halogens is 3. The molecule has 3 aliphatic rings. The minimum atomic E-state index is -5.08. The van der Waals surface area contributed by atoms with E-state index >= 15 is 0 Å². The molecule has 2 amide bonds. The molecule has 3 aromatic carbocycles. The summed E-state index contributed by atoms with van der Waals surface area (Å²) in [6.07, 6.45) is -0.736. The van der Waals surface area contributed by atoms with E-state index in [1.807, 2.05) is 48.5 Å². The van der Waals surface area contributed by atoms with Gasteiger partial charge in [-0.25, -0.2) is 23.0 Å². The summed E-state index contributed by atoms with van der Waals surface area (Å²) in [5, 5.41) is 14.6. The standard InChI is InChI=1S/C34H35N5O5S.C2HF3O2/c1-39-18-24-17-26(8-12-30(24)45(42,43)27-9-10-27)38-34(41)44-19-29(20-5-6-20)21-3-2-4-23(15-21)31(33(39)40)37-25-7-11-28-22(16-25)13-14-36-32(28)35;3-2(4,5)1(6)7/h2-4,7-8,11-17,20,27,29,31,37H,5-6,9-10,18-19H2,1H3,(H2,35,36)(H,38,41);(H,6,7). The zero-order chi connectivity index (χ0) is 37.4. The van der Waals surface area contributed by atoms with E-state index in [0.717, 1.165) is 40.4 Å². The molecule has 16 heteroatoms. The second-order valence-corrected chi connectivity index (χ2v) is 15.3. The van der Waals surface area contributed by atoms with Crippen LogP contribution < -0.4 is 16.4 Å². The Morgan fingerprint density at radius 2 is 1.73 bits per heavy atom. The number of rotatable bonds is 5. The predicted octanol–water partition coefficient (Wildman–Crippen LogP) is 6.25. The molecule has 4 bridgehead atoms. The monoisotopic (exact) mass is 739 g/mol. The Kier molecular flexibility index (Phi) is 10.0. The number of amides is 2. The number of nitrogens with zero attached hydrogens (tertiary/aromatic N) is 2. The van der Waals surface area contributed by atoms with Gasteiger partial charge in [0.2, 0.25) is 5.91 Å². The number of pyridine rings is 1. The molecule has 274 valence electrons. The zero-order valence-electron chi connectivity index (χ0n) is 27.9. The number of carbonyl (C=O) groups excluding carboxylic acids is 2. The molecule has 2 atom stereocenters. The van der Waals surface area contributed by atoms with E-state index < -0.39 is 39.4 Å². The van der Waals surface area contributed by atoms with Crippen LogP contribution in [0, 0.1) is 5.92 Å². The van der Waals surface area contributed by atoms with Crippen molar-refractivity contribution < 1.29 is 45.8 Å². The lowest BCUT2D eigenvalue weighted by Gasteiger charge is -2.27. The molecule has 0 radical (unpaired) electrons. The van der Waals surface area contributed by atoms with Crippen LogP contribution in [0.3, 0.4) is 0 Å². The minimum Gasteiger partial charge on any atom is -0.475 e. The van der Waals surface area contributed by atoms with Crippen molar-refractivity contribution in [2.24, 2.45) is 5.92 Å². The zero-order valence-corrected chi connectivity index (χ0v) is 28.7. The summed E-state index contributed by atoms with van der Waals surface area (Å²) < 4.78 is 64.3. The highest BCUT2D eigenvalue weighted by Crippen LogP contribution is 2.44. The highest BCUT2D eigenvalue weighted by Gasteiger charge is 2.40. The molecule has 1 aromatic heterocycles. The molecule has 5 N–H and O–H groups in total. The SMILES string of the molecule is CN1Cc2cc(ccc2S(=O)(=O)C2CC2)NC(=O)OCC(C2CC2)c2cccc(c2)C(Nc2ccc3c(N)nccc3c2)C1=O.O=C(O)C(F)(F)F. The predicted molar refractivity (Wildman–Crippen MR) is 186 cm³/mol. The molecule has 7 rings (SSSR count). The average molecular weight is 740 g/mol. The quantitative estimate of drug-likeness (QED) is 0.183. The molecule has 2 unspecified atom stereocenters. The fraction of sp³-hybridized carbons (Fsp3) is 0.333. The molecule has 0 saturated heterocycles. The molecule has 2 aliphatic carbocycles. The average Bonchev–Trinajstić information content (AvgIpc) is 4.01. The van der Waals surface area contributed by atoms with Crippen LogP contribution in [0.5, 0.6) is 0 Å². The number of aromatic nitrogens is 1. The van der Waals surface area contributed by atoms with Gasteiger partial charge in [0, 0.05) is 42.5 Å². The Balaban J connectivity index is 0.000000604. The Hall–Kier alpha value is -5.38. The van der Waals surface area contributed by atoms with E-state index in [1.54, 1.807) is 25.4 Å². The number of likely N-dealkylation sites (N-methyl/N-ethyl adjacent to an activating group) is 1. The maximum Gasteiger partial charge on any atom is 0.490 e. The van der Waals surface area contributed by atoms with E-state index in [0.29, 0.717) is 35.8 Å². The smallest absolute Gasteiger partial charge is 0.475 e. The largest absolute Gasteiger partial charge is 0.490 e. The van der Waals surface area contributed by atoms with Crippen LogP contribution in [0.2, 0.25) is 0 Å². The van der Waals surface area contributed by atoms with Gasteiger partial charge in [0.05, 0.1) is 10.1 Å². The molecule has 4 aromatic rings. The highest BCUT2D eigenvalue weighted by atomic mass is 32.2. The van der Waals surface area contributed by atoms with Crippen LogP contribution in [0.25, 0.3) is 10.8 Å². The van der Waals surface area contributed by atoms with Crippen molar-refractivity contribution in [3.8, 4) is 0 Å². The number of hydrogen-bond acceptors (Lipinski definition) is 9. The molecule has 0 spiro atoms. The minimum absolute atomic E-state index is 0.0210. The van der Waals surface area contributed by atoms with Gasteiger partial charge in [-0.3, -0.25) is 10.1 Å². The number of alkyl halides is 3. The van der Waals surface area contributed by atoms with Gasteiger partial charge in [-0.05, 0) is 96.1 Å². The second kappa shape index (κ2) is 14.3. The van der Waals surface area contributed by atoms with Gasteiger partial charge in [0.25, 0.3) is 0 Å². The maximum atomic E-state index is 14.4. The molecule has 2 fully saturated rings. The van der Waals surface area contributed by atoms with Crippen LogP contribution in [0.15, 0.2) is 77.8 Å². The molecule has 1 aliphatic heterocycles. The van der Waals surface area contributed by atoms with Crippen molar-refractivity contribution in [3.05, 3.63) is 89.6 Å². The summed E-state index contributed by atoms with van der Waals surface area (Å²) in [7, 11) is -1.92. The third kappa shape index (κ3) is 8.22. The summed E-state index contributed by atoms with van der Waals surface area (Å²) in [5.74, 6) is -2.21. The van der Waals surface area contributed by atoms with Gasteiger partial charge in [-0.2, -0.15) is 13.2 Å². The van der Waals surface area contributed by atoms with Crippen molar-refractivity contribution in [2.75, 3.05) is 30.0 Å². The number of nitrogens with one attached hydrogen (secondary N) is 2. The number of carboxylic acid groups (broad SMARTS) is 1. The van der Waals surface area contributed by atoms with Crippen molar-refractivity contribution in [3.63, 3.8) is 0 Å². The summed E-state index contributed by atoms with van der Waals surface area (Å²) in [5.41, 5.74) is 9.39. The maximum absolute atomic E-state index is 14.4. The summed E-state index contributed by atoms with van der Waals surface area (Å²) in [6, 6.07) is 19.4. The Labute approximate surface area is 297 Å². The van der Waals surface area contributed by atoms with Crippen molar-refractivity contribution in [2.45, 2.75) is 60.5 Å². The van der Waals surface area contributed by atoms with Crippen LogP contribution in [0.1, 0.15) is 54.3 Å². The number of carbonyl (C=O) groups is 3. The van der Waals surface area contributed by atoms with E-state index in [2.05, 4.69) is 15.6 Å². The lowest BCUT2D eigenvalue weighted by Crippen LogP contribution is -2.35. The number of nitrogens with two attached hydrogens (primary N) is 1. The van der Waals surface area contributed by atoms with E-state index in [4.69, 9.17) is 20.4 Å². The fourth-order valence-corrected chi connectivity index (χ4v) is 8.07. The Morgan fingerprint density at radius 3 is 2.40 bits per heavy atom. The van der Waals surface area contributed by atoms with Gasteiger partial charge in [0.1, 0.15) is 18.5 Å². The highest BCUT2D eigenvalue weighted by molar-refractivity contribution is 7.92. The summed E-state index contributed by atoms with van der Waals surface area (Å²) in [6.45, 7) is 0.209. The van der Waals surface area contributed by atoms with Gasteiger partial charge in [-0.1, -0.05) is 24.3 Å². The summed E-state index contributed by atoms with van der Waals surface area (Å²) in [4.78, 5) is 42.0. The van der Waals surface area contributed by atoms with Gasteiger partial charge >= 0.3 is 18.2 Å². The molecule has 2 heterocycles. The number of hydrogen-bond donors (Lipinski definition) is 4. The second-order valence-electron chi connectivity index (χ2n) is 13.1. The number of carboxylic acids is 1. The molecular formula is C36H36F3N5O7S. The number of fused-ring (bicyclic) bond motifs is 5. The normalized spacial score (nSPS) is 19.7. The lowest BCUT2D eigenvalue weighted by atomic mass is 9.91. The molecule has 2 saturated carbocycles. The van der Waals surface area contributed by atoms with Crippen LogP contribution >= 0.6 is 0 Å². The third-order valence-electron chi connectivity index (χ3n) is 9.21. The lowest BCUT2D eigenvalue weighted by molar-refractivity contribution is -0.192. The van der Waals surface area contributed by atoms with Crippen LogP contribution in [0.4, 0.5) is 35.2 Å². The number of ether oxygens (including phenoxy) is 1. The molecule has 52 heavy (non-hydrogen) atoms. The number of anilines is 3. The molecular weight excluding hydrogens is 703 g/mol. The van der Waals surface area contributed by atoms with Gasteiger partial charge in [0.15, 0.2) is 9.84 Å². The summed E-state index contributed by atoms with van der Waals surface area (Å²) >= 11 is 0. The first-order valence-corrected chi connectivity index (χ1v) is 18.0. The van der Waals surface area contributed by atoms with Gasteiger partial charge < -0.3 is 25.8 Å². The Bertz CT molecular complexity index is 2140. The van der Waals surface area contributed by atoms with E-state index in [-0.39, 0.29) is 29.9 Å². The Morgan fingerprint density at radius 1 is 1.02 bits per heavy atom. The molecule has 12 nitrogen and oxygen atoms in total. The van der Waals surface area contributed by atoms with Crippen molar-refractivity contribution in [1.82, 2.24) is 9.88 Å². The number of cyclic esters (lactones) is 1. The van der Waals surface area contributed by atoms with E-state index in [9.17, 15) is 31.2 Å². The van der Waals surface area contributed by atoms with Crippen LogP contribution in [-0.2, 0) is 30.7 Å². The third-order valence-corrected chi connectivity index (χ3v) is 11.6. The van der Waals surface area contributed by atoms with Gasteiger partial charge in [-0.15, -0.1) is 0 Å². The number of nitrogen functional groups attached to an aromatic ring is 1. The number of sulfone groups is 1. The number of aliphatic carboxylic acids is 1. The first-order chi connectivity index (χ1) is 24.6. The van der Waals surface area contributed by atoms with E-state index in [1.165, 1.54) is 11.0 Å². The first kappa shape index (κ1) is 36.4. The number of benzene rings is 3. The fourth-order valence-electron chi connectivity index (χ4n) is 6.21. The van der Waals surface area contributed by atoms with Crippen molar-refractivity contribution >= 4 is 55.8 Å². The first-order valence-electron chi connectivity index (χ1n) is 16.5. The topological polar surface area (TPSA) is 181 Å². The van der Waals surface area contributed by atoms with Crippen molar-refractivity contribution in [1.29, 1.82) is 0 Å². The van der Waals surface area contributed by atoms with Crippen LogP contribution in [-0.4, -0.2) is 66.5 Å².